The second-order valence-electron chi connectivity index (χ2n) is 6.63. The van der Waals surface area contributed by atoms with E-state index >= 15 is 0 Å². The van der Waals surface area contributed by atoms with Gasteiger partial charge >= 0.3 is 0 Å². The van der Waals surface area contributed by atoms with Crippen LogP contribution < -0.4 is 5.32 Å². The Labute approximate surface area is 152 Å². The Bertz CT molecular complexity index is 631. The van der Waals surface area contributed by atoms with Gasteiger partial charge in [-0.15, -0.1) is 0 Å². The molecule has 24 heavy (non-hydrogen) atoms. The average Bonchev–Trinajstić information content (AvgIpc) is 3.22. The molecule has 130 valence electrons. The standard InChI is InChI=1S/C18H22Cl2N2O2/c19-14-9-6-12(11-15(14)20)3-1-5-17(23)22-10-2-4-16(22)18(24)21-13-7-8-13/h6,9,11,13,16H,1-5,7-8,10H2,(H,21,24). The number of nitrogens with one attached hydrogen (secondary N) is 1. The maximum Gasteiger partial charge on any atom is 0.243 e. The molecule has 4 nitrogen and oxygen atoms in total. The van der Waals surface area contributed by atoms with Crippen LogP contribution >= 0.6 is 23.2 Å². The Morgan fingerprint density at radius 3 is 2.67 bits per heavy atom. The topological polar surface area (TPSA) is 49.4 Å². The SMILES string of the molecule is O=C(NC1CC1)C1CCCN1C(=O)CCCc1ccc(Cl)c(Cl)c1. The lowest BCUT2D eigenvalue weighted by Crippen LogP contribution is -2.46. The van der Waals surface area contributed by atoms with Gasteiger partial charge in [-0.2, -0.15) is 0 Å². The van der Waals surface area contributed by atoms with Crippen LogP contribution in [0.25, 0.3) is 0 Å². The van der Waals surface area contributed by atoms with Crippen LogP contribution in [-0.2, 0) is 16.0 Å². The van der Waals surface area contributed by atoms with Crippen molar-refractivity contribution in [3.63, 3.8) is 0 Å². The molecule has 1 aromatic rings. The number of aryl methyl sites for hydroxylation is 1. The summed E-state index contributed by atoms with van der Waals surface area (Å²) in [6.07, 6.45) is 5.78. The predicted molar refractivity (Wildman–Crippen MR) is 95.3 cm³/mol. The molecular formula is C18H22Cl2N2O2. The third-order valence-electron chi connectivity index (χ3n) is 4.64. The zero-order valence-corrected chi connectivity index (χ0v) is 15.1. The van der Waals surface area contributed by atoms with Gasteiger partial charge in [0.2, 0.25) is 11.8 Å². The van der Waals surface area contributed by atoms with Crippen LogP contribution in [0.15, 0.2) is 18.2 Å². The molecule has 1 aromatic carbocycles. The first kappa shape index (κ1) is 17.6. The van der Waals surface area contributed by atoms with Gasteiger partial charge in [0, 0.05) is 19.0 Å². The van der Waals surface area contributed by atoms with Crippen molar-refractivity contribution >= 4 is 35.0 Å². The number of amides is 2. The largest absolute Gasteiger partial charge is 0.352 e. The average molecular weight is 369 g/mol. The number of likely N-dealkylation sites (tertiary alicyclic amines) is 1. The minimum Gasteiger partial charge on any atom is -0.352 e. The highest BCUT2D eigenvalue weighted by atomic mass is 35.5. The van der Waals surface area contributed by atoms with Crippen LogP contribution in [0.5, 0.6) is 0 Å². The van der Waals surface area contributed by atoms with Gasteiger partial charge in [0.1, 0.15) is 6.04 Å². The Morgan fingerprint density at radius 2 is 1.96 bits per heavy atom. The molecule has 1 aliphatic carbocycles. The van der Waals surface area contributed by atoms with Crippen molar-refractivity contribution in [1.82, 2.24) is 10.2 Å². The summed E-state index contributed by atoms with van der Waals surface area (Å²) in [6, 6.07) is 5.61. The molecule has 2 aliphatic rings. The summed E-state index contributed by atoms with van der Waals surface area (Å²) in [5.41, 5.74) is 1.07. The summed E-state index contributed by atoms with van der Waals surface area (Å²) in [6.45, 7) is 0.689. The Morgan fingerprint density at radius 1 is 1.17 bits per heavy atom. The molecule has 3 rings (SSSR count). The zero-order chi connectivity index (χ0) is 17.1. The number of nitrogens with zero attached hydrogens (tertiary/aromatic N) is 1. The Balaban J connectivity index is 1.48. The summed E-state index contributed by atoms with van der Waals surface area (Å²) in [5.74, 6) is 0.0938. The smallest absolute Gasteiger partial charge is 0.243 e. The summed E-state index contributed by atoms with van der Waals surface area (Å²) in [7, 11) is 0. The number of halogens is 2. The van der Waals surface area contributed by atoms with Gasteiger partial charge in [-0.05, 0) is 56.2 Å². The van der Waals surface area contributed by atoms with Crippen molar-refractivity contribution in [2.45, 2.75) is 57.0 Å². The molecule has 0 radical (unpaired) electrons. The lowest BCUT2D eigenvalue weighted by atomic mass is 10.1. The second kappa shape index (κ2) is 7.75. The maximum absolute atomic E-state index is 12.5. The number of benzene rings is 1. The molecule has 2 fully saturated rings. The predicted octanol–water partition coefficient (Wildman–Crippen LogP) is 3.59. The summed E-state index contributed by atoms with van der Waals surface area (Å²) in [5, 5.41) is 4.09. The molecular weight excluding hydrogens is 347 g/mol. The van der Waals surface area contributed by atoms with Gasteiger partial charge in [-0.1, -0.05) is 29.3 Å². The normalized spacial score (nSPS) is 20.2. The van der Waals surface area contributed by atoms with E-state index in [2.05, 4.69) is 5.32 Å². The molecule has 1 saturated heterocycles. The van der Waals surface area contributed by atoms with Crippen molar-refractivity contribution in [2.75, 3.05) is 6.54 Å². The van der Waals surface area contributed by atoms with E-state index in [1.54, 1.807) is 11.0 Å². The van der Waals surface area contributed by atoms with E-state index in [1.807, 2.05) is 12.1 Å². The summed E-state index contributed by atoms with van der Waals surface area (Å²) < 4.78 is 0. The molecule has 1 N–H and O–H groups in total. The lowest BCUT2D eigenvalue weighted by Gasteiger charge is -2.24. The highest BCUT2D eigenvalue weighted by Crippen LogP contribution is 2.25. The highest BCUT2D eigenvalue weighted by Gasteiger charge is 2.35. The fourth-order valence-electron chi connectivity index (χ4n) is 3.15. The molecule has 1 saturated carbocycles. The number of hydrogen-bond acceptors (Lipinski definition) is 2. The number of hydrogen-bond donors (Lipinski definition) is 1. The molecule has 0 spiro atoms. The van der Waals surface area contributed by atoms with E-state index in [0.29, 0.717) is 29.1 Å². The van der Waals surface area contributed by atoms with E-state index in [4.69, 9.17) is 23.2 Å². The van der Waals surface area contributed by atoms with Crippen LogP contribution in [0.2, 0.25) is 10.0 Å². The van der Waals surface area contributed by atoms with Crippen molar-refractivity contribution < 1.29 is 9.59 Å². The van der Waals surface area contributed by atoms with E-state index in [1.165, 1.54) is 0 Å². The van der Waals surface area contributed by atoms with Gasteiger partial charge < -0.3 is 10.2 Å². The molecule has 6 heteroatoms. The molecule has 0 bridgehead atoms. The van der Waals surface area contributed by atoms with Crippen molar-refractivity contribution in [1.29, 1.82) is 0 Å². The van der Waals surface area contributed by atoms with Gasteiger partial charge in [0.05, 0.1) is 10.0 Å². The second-order valence-corrected chi connectivity index (χ2v) is 7.44. The minimum absolute atomic E-state index is 0.0211. The number of carbonyl (C=O) groups is 2. The molecule has 2 amide bonds. The van der Waals surface area contributed by atoms with Crippen LogP contribution in [0.1, 0.15) is 44.1 Å². The monoisotopic (exact) mass is 368 g/mol. The van der Waals surface area contributed by atoms with Gasteiger partial charge in [-0.25, -0.2) is 0 Å². The quantitative estimate of drug-likeness (QED) is 0.833. The first-order chi connectivity index (χ1) is 11.5. The zero-order valence-electron chi connectivity index (χ0n) is 13.6. The molecule has 1 heterocycles. The van der Waals surface area contributed by atoms with Crippen LogP contribution in [0, 0.1) is 0 Å². The van der Waals surface area contributed by atoms with Crippen LogP contribution in [-0.4, -0.2) is 35.3 Å². The van der Waals surface area contributed by atoms with E-state index < -0.39 is 0 Å². The lowest BCUT2D eigenvalue weighted by molar-refractivity contribution is -0.138. The van der Waals surface area contributed by atoms with E-state index in [0.717, 1.165) is 44.1 Å². The fraction of sp³-hybridized carbons (Fsp3) is 0.556. The molecule has 0 aromatic heterocycles. The third-order valence-corrected chi connectivity index (χ3v) is 5.38. The number of rotatable bonds is 6. The fourth-order valence-corrected chi connectivity index (χ4v) is 3.47. The Hall–Kier alpha value is -1.26. The van der Waals surface area contributed by atoms with Gasteiger partial charge in [-0.3, -0.25) is 9.59 Å². The number of carbonyl (C=O) groups excluding carboxylic acids is 2. The first-order valence-electron chi connectivity index (χ1n) is 8.58. The molecule has 1 aliphatic heterocycles. The van der Waals surface area contributed by atoms with E-state index in [9.17, 15) is 9.59 Å². The van der Waals surface area contributed by atoms with Crippen molar-refractivity contribution in [3.05, 3.63) is 33.8 Å². The van der Waals surface area contributed by atoms with Gasteiger partial charge in [0.15, 0.2) is 0 Å². The summed E-state index contributed by atoms with van der Waals surface area (Å²) >= 11 is 11.9. The molecule has 1 atom stereocenters. The van der Waals surface area contributed by atoms with E-state index in [-0.39, 0.29) is 17.9 Å². The maximum atomic E-state index is 12.5. The van der Waals surface area contributed by atoms with Crippen molar-refractivity contribution in [2.24, 2.45) is 0 Å². The van der Waals surface area contributed by atoms with Gasteiger partial charge in [0.25, 0.3) is 0 Å². The molecule has 1 unspecified atom stereocenters. The first-order valence-corrected chi connectivity index (χ1v) is 9.34. The Kier molecular flexibility index (Phi) is 5.67. The summed E-state index contributed by atoms with van der Waals surface area (Å²) in [4.78, 5) is 26.5. The third kappa shape index (κ3) is 4.42. The minimum atomic E-state index is -0.275. The van der Waals surface area contributed by atoms with Crippen LogP contribution in [0.3, 0.4) is 0 Å². The van der Waals surface area contributed by atoms with Crippen LogP contribution in [0.4, 0.5) is 0 Å². The van der Waals surface area contributed by atoms with Crippen molar-refractivity contribution in [3.8, 4) is 0 Å². The highest BCUT2D eigenvalue weighted by molar-refractivity contribution is 6.42.